The first-order chi connectivity index (χ1) is 11.6. The van der Waals surface area contributed by atoms with E-state index in [-0.39, 0.29) is 5.78 Å². The standard InChI is InChI=1S/C20H11Cl2NO/c21-13-10-15-16(20(24)18-7-3-4-8-23-18)9-12-5-1-2-6-14(12)19(15)17(22)11-13/h1-11H. The first-order valence-corrected chi connectivity index (χ1v) is 8.17. The van der Waals surface area contributed by atoms with Crippen molar-refractivity contribution in [3.05, 3.63) is 88.2 Å². The van der Waals surface area contributed by atoms with Crippen molar-refractivity contribution in [1.82, 2.24) is 4.98 Å². The fourth-order valence-corrected chi connectivity index (χ4v) is 3.56. The molecular formula is C20H11Cl2NO. The molecule has 0 bridgehead atoms. The third kappa shape index (κ3) is 2.44. The molecule has 0 amide bonds. The van der Waals surface area contributed by atoms with Crippen LogP contribution in [0.4, 0.5) is 0 Å². The molecule has 0 fully saturated rings. The highest BCUT2D eigenvalue weighted by molar-refractivity contribution is 6.41. The zero-order valence-corrected chi connectivity index (χ0v) is 14.0. The summed E-state index contributed by atoms with van der Waals surface area (Å²) in [5.41, 5.74) is 0.942. The Balaban J connectivity index is 2.12. The molecule has 1 heterocycles. The van der Waals surface area contributed by atoms with Gasteiger partial charge in [0.05, 0.1) is 5.02 Å². The van der Waals surface area contributed by atoms with Crippen molar-refractivity contribution >= 4 is 50.5 Å². The van der Waals surface area contributed by atoms with Crippen molar-refractivity contribution in [2.45, 2.75) is 0 Å². The van der Waals surface area contributed by atoms with Crippen LogP contribution in [0.5, 0.6) is 0 Å². The number of aromatic nitrogens is 1. The molecule has 4 aromatic rings. The Hall–Kier alpha value is -2.42. The van der Waals surface area contributed by atoms with E-state index in [0.717, 1.165) is 21.5 Å². The second-order valence-corrected chi connectivity index (χ2v) is 6.34. The first kappa shape index (κ1) is 15.1. The summed E-state index contributed by atoms with van der Waals surface area (Å²) in [6, 6.07) is 18.5. The van der Waals surface area contributed by atoms with Crippen molar-refractivity contribution in [3.8, 4) is 0 Å². The van der Waals surface area contributed by atoms with Gasteiger partial charge in [0.15, 0.2) is 0 Å². The molecule has 3 aromatic carbocycles. The third-order valence-corrected chi connectivity index (χ3v) is 4.53. The number of ketones is 1. The van der Waals surface area contributed by atoms with E-state index in [9.17, 15) is 4.79 Å². The average molecular weight is 352 g/mol. The number of carbonyl (C=O) groups excluding carboxylic acids is 1. The third-order valence-electron chi connectivity index (χ3n) is 4.02. The van der Waals surface area contributed by atoms with Crippen LogP contribution in [0.15, 0.2) is 66.9 Å². The minimum atomic E-state index is -0.148. The average Bonchev–Trinajstić information content (AvgIpc) is 2.60. The van der Waals surface area contributed by atoms with Gasteiger partial charge in [0.2, 0.25) is 5.78 Å². The number of hydrogen-bond donors (Lipinski definition) is 0. The summed E-state index contributed by atoms with van der Waals surface area (Å²) in [6.45, 7) is 0. The van der Waals surface area contributed by atoms with Gasteiger partial charge in [-0.25, -0.2) is 0 Å². The van der Waals surface area contributed by atoms with Crippen molar-refractivity contribution < 1.29 is 4.79 Å². The number of rotatable bonds is 2. The molecular weight excluding hydrogens is 341 g/mol. The Bertz CT molecular complexity index is 1090. The molecule has 4 rings (SSSR count). The van der Waals surface area contributed by atoms with Gasteiger partial charge in [-0.2, -0.15) is 0 Å². The summed E-state index contributed by atoms with van der Waals surface area (Å²) in [5, 5.41) is 4.54. The monoisotopic (exact) mass is 351 g/mol. The fraction of sp³-hybridized carbons (Fsp3) is 0. The molecule has 0 saturated heterocycles. The Kier molecular flexibility index (Phi) is 3.72. The van der Waals surface area contributed by atoms with E-state index < -0.39 is 0 Å². The number of halogens is 2. The molecule has 0 radical (unpaired) electrons. The van der Waals surface area contributed by atoms with Crippen LogP contribution in [0.25, 0.3) is 21.5 Å². The van der Waals surface area contributed by atoms with Gasteiger partial charge in [-0.1, -0.05) is 53.5 Å². The molecule has 0 spiro atoms. The SMILES string of the molecule is O=C(c1ccccn1)c1cc2ccccc2c2c(Cl)cc(Cl)cc12. The van der Waals surface area contributed by atoms with Gasteiger partial charge in [0.25, 0.3) is 0 Å². The van der Waals surface area contributed by atoms with E-state index >= 15 is 0 Å². The van der Waals surface area contributed by atoms with Crippen LogP contribution in [0.1, 0.15) is 16.1 Å². The summed E-state index contributed by atoms with van der Waals surface area (Å²) in [4.78, 5) is 17.1. The molecule has 0 aliphatic heterocycles. The van der Waals surface area contributed by atoms with Gasteiger partial charge in [0.1, 0.15) is 5.69 Å². The quantitative estimate of drug-likeness (QED) is 0.331. The van der Waals surface area contributed by atoms with Crippen molar-refractivity contribution in [1.29, 1.82) is 0 Å². The van der Waals surface area contributed by atoms with Crippen LogP contribution in [0.2, 0.25) is 10.0 Å². The molecule has 0 saturated carbocycles. The van der Waals surface area contributed by atoms with Crippen LogP contribution < -0.4 is 0 Å². The normalized spacial score (nSPS) is 11.1. The van der Waals surface area contributed by atoms with Crippen molar-refractivity contribution in [3.63, 3.8) is 0 Å². The first-order valence-electron chi connectivity index (χ1n) is 7.41. The Labute approximate surface area is 148 Å². The lowest BCUT2D eigenvalue weighted by molar-refractivity contribution is 0.103. The van der Waals surface area contributed by atoms with Crippen molar-refractivity contribution in [2.75, 3.05) is 0 Å². The minimum absolute atomic E-state index is 0.148. The van der Waals surface area contributed by atoms with E-state index in [2.05, 4.69) is 4.98 Å². The highest BCUT2D eigenvalue weighted by Crippen LogP contribution is 2.36. The lowest BCUT2D eigenvalue weighted by atomic mass is 9.94. The van der Waals surface area contributed by atoms with E-state index in [0.29, 0.717) is 21.3 Å². The Morgan fingerprint density at radius 2 is 1.67 bits per heavy atom. The Morgan fingerprint density at radius 1 is 0.875 bits per heavy atom. The molecule has 0 aliphatic carbocycles. The summed E-state index contributed by atoms with van der Waals surface area (Å²) in [6.07, 6.45) is 1.61. The van der Waals surface area contributed by atoms with Crippen LogP contribution in [0, 0.1) is 0 Å². The second kappa shape index (κ2) is 5.90. The number of carbonyl (C=O) groups is 1. The summed E-state index contributed by atoms with van der Waals surface area (Å²) in [7, 11) is 0. The Morgan fingerprint density at radius 3 is 2.46 bits per heavy atom. The number of fused-ring (bicyclic) bond motifs is 3. The van der Waals surface area contributed by atoms with E-state index in [1.807, 2.05) is 30.3 Å². The van der Waals surface area contributed by atoms with E-state index in [1.54, 1.807) is 36.5 Å². The van der Waals surface area contributed by atoms with Crippen molar-refractivity contribution in [2.24, 2.45) is 0 Å². The van der Waals surface area contributed by atoms with Crippen LogP contribution >= 0.6 is 23.2 Å². The molecule has 116 valence electrons. The summed E-state index contributed by atoms with van der Waals surface area (Å²) < 4.78 is 0. The maximum atomic E-state index is 13.0. The molecule has 24 heavy (non-hydrogen) atoms. The molecule has 0 N–H and O–H groups in total. The molecule has 4 heteroatoms. The molecule has 0 atom stereocenters. The zero-order chi connectivity index (χ0) is 16.7. The highest BCUT2D eigenvalue weighted by atomic mass is 35.5. The van der Waals surface area contributed by atoms with Gasteiger partial charge in [-0.3, -0.25) is 9.78 Å². The minimum Gasteiger partial charge on any atom is -0.287 e. The summed E-state index contributed by atoms with van der Waals surface area (Å²) in [5.74, 6) is -0.148. The maximum absolute atomic E-state index is 13.0. The van der Waals surface area contributed by atoms with Gasteiger partial charge in [-0.15, -0.1) is 0 Å². The molecule has 0 aliphatic rings. The predicted molar refractivity (Wildman–Crippen MR) is 99.1 cm³/mol. The lowest BCUT2D eigenvalue weighted by Crippen LogP contribution is -2.04. The van der Waals surface area contributed by atoms with Gasteiger partial charge < -0.3 is 0 Å². The second-order valence-electron chi connectivity index (χ2n) is 5.50. The smallest absolute Gasteiger partial charge is 0.211 e. The number of hydrogen-bond acceptors (Lipinski definition) is 2. The fourth-order valence-electron chi connectivity index (χ4n) is 2.97. The molecule has 0 unspecified atom stereocenters. The van der Waals surface area contributed by atoms with Gasteiger partial charge >= 0.3 is 0 Å². The summed E-state index contributed by atoms with van der Waals surface area (Å²) >= 11 is 12.6. The van der Waals surface area contributed by atoms with E-state index in [1.165, 1.54) is 0 Å². The van der Waals surface area contributed by atoms with Crippen LogP contribution in [-0.2, 0) is 0 Å². The van der Waals surface area contributed by atoms with Gasteiger partial charge in [-0.05, 0) is 46.5 Å². The van der Waals surface area contributed by atoms with Gasteiger partial charge in [0, 0.05) is 22.2 Å². The predicted octanol–water partition coefficient (Wildman–Crippen LogP) is 5.93. The molecule has 2 nitrogen and oxygen atoms in total. The largest absolute Gasteiger partial charge is 0.287 e. The van der Waals surface area contributed by atoms with Crippen LogP contribution in [-0.4, -0.2) is 10.8 Å². The van der Waals surface area contributed by atoms with E-state index in [4.69, 9.17) is 23.2 Å². The van der Waals surface area contributed by atoms with Crippen LogP contribution in [0.3, 0.4) is 0 Å². The molecule has 1 aromatic heterocycles. The number of nitrogens with zero attached hydrogens (tertiary/aromatic N) is 1. The highest BCUT2D eigenvalue weighted by Gasteiger charge is 2.17. The topological polar surface area (TPSA) is 30.0 Å². The number of pyridine rings is 1. The zero-order valence-electron chi connectivity index (χ0n) is 12.5. The lowest BCUT2D eigenvalue weighted by Gasteiger charge is -2.11. The maximum Gasteiger partial charge on any atom is 0.211 e. The number of benzene rings is 3.